The molecule has 1 amide bonds. The zero-order valence-electron chi connectivity index (χ0n) is 16.3. The minimum Gasteiger partial charge on any atom is -0.441 e. The number of quaternary nitrogens is 1. The molecule has 2 unspecified atom stereocenters. The lowest BCUT2D eigenvalue weighted by Gasteiger charge is -2.49. The molecular weight excluding hydrogens is 362 g/mol. The minimum absolute atomic E-state index is 0.101. The van der Waals surface area contributed by atoms with Crippen molar-refractivity contribution in [2.45, 2.75) is 38.7 Å². The average molecular weight is 388 g/mol. The zero-order valence-corrected chi connectivity index (χ0v) is 16.3. The lowest BCUT2D eigenvalue weighted by atomic mass is 10.1. The van der Waals surface area contributed by atoms with Crippen LogP contribution in [0.3, 0.4) is 0 Å². The van der Waals surface area contributed by atoms with E-state index in [0.29, 0.717) is 45.2 Å². The monoisotopic (exact) mass is 388 g/mol. The summed E-state index contributed by atoms with van der Waals surface area (Å²) in [6.45, 7) is 6.42. The molecule has 2 aliphatic heterocycles. The summed E-state index contributed by atoms with van der Waals surface area (Å²) < 4.78 is 23.7. The highest BCUT2D eigenvalue weighted by Crippen LogP contribution is 2.34. The van der Waals surface area contributed by atoms with Gasteiger partial charge in [-0.2, -0.15) is 0 Å². The second kappa shape index (κ2) is 7.71. The normalized spacial score (nSPS) is 27.4. The fourth-order valence-corrected chi connectivity index (χ4v) is 3.89. The van der Waals surface area contributed by atoms with Crippen LogP contribution in [0.25, 0.3) is 11.5 Å². The third-order valence-corrected chi connectivity index (χ3v) is 5.72. The van der Waals surface area contributed by atoms with E-state index < -0.39 is 5.91 Å². The van der Waals surface area contributed by atoms with Gasteiger partial charge in [0.1, 0.15) is 18.8 Å². The standard InChI is InChI=1S/C20H26N3O5/c1-15-18(22-19(27-15)16-3-6-21-7-4-16)13-17-5-10-26-20(2,28-17)23(14-24)8-11-25-12-9-23/h3-4,6-7,14,17H,5,8-13H2,1-2H3/q+1. The molecule has 2 saturated heterocycles. The summed E-state index contributed by atoms with van der Waals surface area (Å²) in [6.07, 6.45) is 5.61. The van der Waals surface area contributed by atoms with Crippen LogP contribution in [0.1, 0.15) is 24.8 Å². The quantitative estimate of drug-likeness (QED) is 0.573. The highest BCUT2D eigenvalue weighted by atomic mass is 16.7. The van der Waals surface area contributed by atoms with Crippen LogP contribution in [0.15, 0.2) is 28.9 Å². The van der Waals surface area contributed by atoms with Crippen molar-refractivity contribution >= 4 is 6.41 Å². The van der Waals surface area contributed by atoms with Gasteiger partial charge in [-0.25, -0.2) is 14.3 Å². The number of amides is 1. The second-order valence-corrected chi connectivity index (χ2v) is 7.44. The Morgan fingerprint density at radius 2 is 2.00 bits per heavy atom. The smallest absolute Gasteiger partial charge is 0.323 e. The number of morpholine rings is 1. The molecule has 2 aliphatic rings. The fourth-order valence-electron chi connectivity index (χ4n) is 3.89. The fraction of sp³-hybridized carbons (Fsp3) is 0.550. The molecule has 4 heterocycles. The molecular formula is C20H26N3O5+. The van der Waals surface area contributed by atoms with Gasteiger partial charge in [0.2, 0.25) is 5.89 Å². The molecule has 0 bridgehead atoms. The summed E-state index contributed by atoms with van der Waals surface area (Å²) in [7, 11) is 0. The molecule has 150 valence electrons. The molecule has 4 rings (SSSR count). The van der Waals surface area contributed by atoms with Gasteiger partial charge < -0.3 is 13.9 Å². The van der Waals surface area contributed by atoms with E-state index >= 15 is 0 Å². The first-order chi connectivity index (χ1) is 13.6. The van der Waals surface area contributed by atoms with E-state index in [4.69, 9.17) is 18.6 Å². The Hall–Kier alpha value is -2.13. The predicted molar refractivity (Wildman–Crippen MR) is 98.9 cm³/mol. The van der Waals surface area contributed by atoms with E-state index in [0.717, 1.165) is 29.8 Å². The first-order valence-electron chi connectivity index (χ1n) is 9.65. The third kappa shape index (κ3) is 3.48. The maximum Gasteiger partial charge on any atom is 0.323 e. The summed E-state index contributed by atoms with van der Waals surface area (Å²) >= 11 is 0. The van der Waals surface area contributed by atoms with Crippen LogP contribution in [0, 0.1) is 6.92 Å². The summed E-state index contributed by atoms with van der Waals surface area (Å²) in [5.41, 5.74) is 1.75. The molecule has 0 spiro atoms. The van der Waals surface area contributed by atoms with Gasteiger partial charge in [-0.15, -0.1) is 0 Å². The number of pyridine rings is 1. The molecule has 2 atom stereocenters. The number of hydrogen-bond donors (Lipinski definition) is 0. The summed E-state index contributed by atoms with van der Waals surface area (Å²) in [5.74, 6) is 0.337. The van der Waals surface area contributed by atoms with E-state index in [1.807, 2.05) is 26.0 Å². The number of aryl methyl sites for hydroxylation is 1. The van der Waals surface area contributed by atoms with Crippen molar-refractivity contribution in [1.29, 1.82) is 0 Å². The Bertz CT molecular complexity index is 819. The number of rotatable bonds is 5. The van der Waals surface area contributed by atoms with Crippen LogP contribution in [0.5, 0.6) is 0 Å². The van der Waals surface area contributed by atoms with Crippen LogP contribution >= 0.6 is 0 Å². The number of hydrogen-bond acceptors (Lipinski definition) is 7. The van der Waals surface area contributed by atoms with Gasteiger partial charge >= 0.3 is 12.3 Å². The van der Waals surface area contributed by atoms with Gasteiger partial charge in [-0.1, -0.05) is 0 Å². The number of carbonyl (C=O) groups excluding carboxylic acids is 1. The van der Waals surface area contributed by atoms with Crippen LogP contribution in [-0.2, 0) is 25.4 Å². The molecule has 0 aliphatic carbocycles. The van der Waals surface area contributed by atoms with Crippen molar-refractivity contribution < 1.29 is 27.9 Å². The maximum absolute atomic E-state index is 12.0. The number of nitrogens with zero attached hydrogens (tertiary/aromatic N) is 3. The lowest BCUT2D eigenvalue weighted by molar-refractivity contribution is -0.964. The number of carbonyl (C=O) groups is 1. The molecule has 8 heteroatoms. The van der Waals surface area contributed by atoms with Crippen molar-refractivity contribution in [2.24, 2.45) is 0 Å². The molecule has 2 aromatic rings. The molecule has 0 saturated carbocycles. The van der Waals surface area contributed by atoms with E-state index in [9.17, 15) is 4.79 Å². The number of ether oxygens (including phenoxy) is 3. The van der Waals surface area contributed by atoms with Gasteiger partial charge in [0.05, 0.1) is 31.6 Å². The Morgan fingerprint density at radius 3 is 2.71 bits per heavy atom. The Labute approximate surface area is 164 Å². The van der Waals surface area contributed by atoms with E-state index in [-0.39, 0.29) is 10.6 Å². The molecule has 0 aromatic carbocycles. The van der Waals surface area contributed by atoms with Crippen molar-refractivity contribution in [2.75, 3.05) is 32.9 Å². The second-order valence-electron chi connectivity index (χ2n) is 7.44. The van der Waals surface area contributed by atoms with Crippen molar-refractivity contribution in [1.82, 2.24) is 9.97 Å². The minimum atomic E-state index is -1.01. The number of oxazole rings is 1. The van der Waals surface area contributed by atoms with Crippen LogP contribution in [0.4, 0.5) is 0 Å². The Kier molecular flexibility index (Phi) is 5.29. The first kappa shape index (κ1) is 19.2. The van der Waals surface area contributed by atoms with Gasteiger partial charge in [0.25, 0.3) is 0 Å². The van der Waals surface area contributed by atoms with Crippen LogP contribution in [0.2, 0.25) is 0 Å². The molecule has 2 fully saturated rings. The summed E-state index contributed by atoms with van der Waals surface area (Å²) in [5, 5.41) is 0. The Balaban J connectivity index is 1.51. The summed E-state index contributed by atoms with van der Waals surface area (Å²) in [4.78, 5) is 20.7. The van der Waals surface area contributed by atoms with E-state index in [1.54, 1.807) is 12.4 Å². The van der Waals surface area contributed by atoms with Gasteiger partial charge in [-0.3, -0.25) is 9.72 Å². The third-order valence-electron chi connectivity index (χ3n) is 5.72. The molecule has 8 nitrogen and oxygen atoms in total. The van der Waals surface area contributed by atoms with Gasteiger partial charge in [0.15, 0.2) is 0 Å². The summed E-state index contributed by atoms with van der Waals surface area (Å²) in [6, 6.07) is 3.74. The van der Waals surface area contributed by atoms with E-state index in [2.05, 4.69) is 9.97 Å². The van der Waals surface area contributed by atoms with Crippen LogP contribution < -0.4 is 0 Å². The number of aromatic nitrogens is 2. The highest BCUT2D eigenvalue weighted by Gasteiger charge is 2.54. The molecule has 0 N–H and O–H groups in total. The van der Waals surface area contributed by atoms with Crippen LogP contribution in [-0.4, -0.2) is 65.8 Å². The molecule has 0 radical (unpaired) electrons. The molecule has 28 heavy (non-hydrogen) atoms. The van der Waals surface area contributed by atoms with Crippen molar-refractivity contribution in [3.63, 3.8) is 0 Å². The maximum atomic E-state index is 12.0. The lowest BCUT2D eigenvalue weighted by Crippen LogP contribution is -2.70. The zero-order chi connectivity index (χ0) is 19.6. The highest BCUT2D eigenvalue weighted by molar-refractivity contribution is 5.52. The van der Waals surface area contributed by atoms with E-state index in [1.165, 1.54) is 0 Å². The predicted octanol–water partition coefficient (Wildman–Crippen LogP) is 2.07. The van der Waals surface area contributed by atoms with Gasteiger partial charge in [0, 0.05) is 31.3 Å². The largest absolute Gasteiger partial charge is 0.441 e. The molecule has 2 aromatic heterocycles. The van der Waals surface area contributed by atoms with Gasteiger partial charge in [-0.05, 0) is 25.5 Å². The topological polar surface area (TPSA) is 83.7 Å². The first-order valence-corrected chi connectivity index (χ1v) is 9.65. The van der Waals surface area contributed by atoms with Crippen molar-refractivity contribution in [3.05, 3.63) is 36.0 Å². The SMILES string of the molecule is Cc1oc(-c2ccncc2)nc1CC1CCOC(C)([N+]2(C=O)CCOCC2)O1. The Morgan fingerprint density at radius 1 is 1.25 bits per heavy atom. The average Bonchev–Trinajstić information content (AvgIpc) is 3.09. The van der Waals surface area contributed by atoms with Crippen molar-refractivity contribution in [3.8, 4) is 11.5 Å².